The molecule has 0 aromatic rings. The van der Waals surface area contributed by atoms with Crippen molar-refractivity contribution in [1.29, 1.82) is 0 Å². The fourth-order valence-electron chi connectivity index (χ4n) is 1.57. The molecule has 0 aliphatic carbocycles. The van der Waals surface area contributed by atoms with Crippen LogP contribution in [0.1, 0.15) is 0 Å². The third-order valence-corrected chi connectivity index (χ3v) is 2.31. The third kappa shape index (κ3) is 9.09. The molecular formula is C12H28N2O2+2. The Hall–Kier alpha value is -0.160. The number of hydrogen-bond donors (Lipinski definition) is 0. The largest absolute Gasteiger partial charge is 0.367 e. The highest BCUT2D eigenvalue weighted by Gasteiger charge is 2.29. The van der Waals surface area contributed by atoms with Crippen LogP contribution in [0.3, 0.4) is 0 Å². The van der Waals surface area contributed by atoms with Crippen molar-refractivity contribution >= 4 is 0 Å². The molecule has 0 N–H and O–H groups in total. The molecule has 0 spiro atoms. The van der Waals surface area contributed by atoms with Crippen molar-refractivity contribution in [2.45, 2.75) is 12.2 Å². The zero-order valence-corrected chi connectivity index (χ0v) is 11.7. The second-order valence-corrected chi connectivity index (χ2v) is 6.86. The van der Waals surface area contributed by atoms with Gasteiger partial charge in [-0.3, -0.25) is 0 Å². The van der Waals surface area contributed by atoms with Gasteiger partial charge in [0.1, 0.15) is 25.3 Å². The van der Waals surface area contributed by atoms with Crippen molar-refractivity contribution in [2.24, 2.45) is 0 Å². The summed E-state index contributed by atoms with van der Waals surface area (Å²) < 4.78 is 12.2. The maximum absolute atomic E-state index is 5.07. The summed E-state index contributed by atoms with van der Waals surface area (Å²) in [4.78, 5) is 0. The predicted octanol–water partition coefficient (Wildman–Crippen LogP) is 0.183. The summed E-state index contributed by atoms with van der Waals surface area (Å²) in [6.45, 7) is 4.27. The molecule has 96 valence electrons. The number of ether oxygens (including phenoxy) is 2. The van der Waals surface area contributed by atoms with E-state index in [1.807, 2.05) is 0 Å². The molecule has 2 saturated heterocycles. The molecule has 16 heavy (non-hydrogen) atoms. The molecule has 2 fully saturated rings. The Morgan fingerprint density at radius 3 is 1.06 bits per heavy atom. The van der Waals surface area contributed by atoms with E-state index in [9.17, 15) is 0 Å². The highest BCUT2D eigenvalue weighted by atomic mass is 16.6. The van der Waals surface area contributed by atoms with Gasteiger partial charge >= 0.3 is 0 Å². The lowest BCUT2D eigenvalue weighted by molar-refractivity contribution is -0.870. The highest BCUT2D eigenvalue weighted by Crippen LogP contribution is 2.11. The van der Waals surface area contributed by atoms with E-state index < -0.39 is 0 Å². The van der Waals surface area contributed by atoms with E-state index in [2.05, 4.69) is 42.3 Å². The molecule has 0 bridgehead atoms. The van der Waals surface area contributed by atoms with Gasteiger partial charge in [0, 0.05) is 0 Å². The molecule has 0 saturated carbocycles. The van der Waals surface area contributed by atoms with Crippen LogP contribution in [0.25, 0.3) is 0 Å². The van der Waals surface area contributed by atoms with Crippen LogP contribution in [0.2, 0.25) is 0 Å². The van der Waals surface area contributed by atoms with E-state index in [1.54, 1.807) is 0 Å². The van der Waals surface area contributed by atoms with Crippen LogP contribution in [0, 0.1) is 0 Å². The molecule has 0 aromatic carbocycles. The second-order valence-electron chi connectivity index (χ2n) is 6.86. The number of nitrogens with zero attached hydrogens (tertiary/aromatic N) is 2. The zero-order chi connectivity index (χ0) is 12.4. The van der Waals surface area contributed by atoms with Gasteiger partial charge < -0.3 is 18.4 Å². The maximum atomic E-state index is 5.07. The summed E-state index contributed by atoms with van der Waals surface area (Å²) in [5.41, 5.74) is 0. The summed E-state index contributed by atoms with van der Waals surface area (Å²) in [5.74, 6) is 0. The van der Waals surface area contributed by atoms with Crippen molar-refractivity contribution in [3.05, 3.63) is 0 Å². The number of quaternary nitrogens is 2. The van der Waals surface area contributed by atoms with Crippen molar-refractivity contribution in [2.75, 3.05) is 68.6 Å². The maximum Gasteiger partial charge on any atom is 0.130 e. The molecule has 0 radical (unpaired) electrons. The predicted molar refractivity (Wildman–Crippen MR) is 65.3 cm³/mol. The monoisotopic (exact) mass is 232 g/mol. The van der Waals surface area contributed by atoms with Gasteiger partial charge in [-0.2, -0.15) is 0 Å². The SMILES string of the molecule is C[N+](C)(C)CC1CO1.C[N+](C)(C)CC1CO1. The molecular weight excluding hydrogens is 204 g/mol. The van der Waals surface area contributed by atoms with E-state index in [1.165, 1.54) is 0 Å². The van der Waals surface area contributed by atoms with Gasteiger partial charge in [0.15, 0.2) is 0 Å². The van der Waals surface area contributed by atoms with E-state index in [4.69, 9.17) is 9.47 Å². The molecule has 2 aliphatic rings. The summed E-state index contributed by atoms with van der Waals surface area (Å²) in [6, 6.07) is 0. The number of likely N-dealkylation sites (N-methyl/N-ethyl adjacent to an activating group) is 2. The lowest BCUT2D eigenvalue weighted by Gasteiger charge is -2.22. The first-order valence-electron chi connectivity index (χ1n) is 6.00. The van der Waals surface area contributed by atoms with Crippen LogP contribution in [0.15, 0.2) is 0 Å². The van der Waals surface area contributed by atoms with Gasteiger partial charge in [0.25, 0.3) is 0 Å². The molecule has 2 heterocycles. The zero-order valence-electron chi connectivity index (χ0n) is 11.7. The van der Waals surface area contributed by atoms with Crippen LogP contribution < -0.4 is 0 Å². The molecule has 2 rings (SSSR count). The molecule has 4 heteroatoms. The summed E-state index contributed by atoms with van der Waals surface area (Å²) in [6.07, 6.45) is 1.13. The lowest BCUT2D eigenvalue weighted by Crippen LogP contribution is -2.37. The van der Waals surface area contributed by atoms with Crippen molar-refractivity contribution in [1.82, 2.24) is 0 Å². The molecule has 2 atom stereocenters. The fourth-order valence-corrected chi connectivity index (χ4v) is 1.57. The first-order chi connectivity index (χ1) is 7.16. The molecule has 2 unspecified atom stereocenters. The van der Waals surface area contributed by atoms with E-state index in [-0.39, 0.29) is 0 Å². The highest BCUT2D eigenvalue weighted by molar-refractivity contribution is 4.67. The van der Waals surface area contributed by atoms with Crippen LogP contribution in [-0.2, 0) is 9.47 Å². The Bertz CT molecular complexity index is 186. The smallest absolute Gasteiger partial charge is 0.130 e. The minimum Gasteiger partial charge on any atom is -0.367 e. The Balaban J connectivity index is 0.000000160. The normalized spacial score (nSPS) is 28.1. The minimum absolute atomic E-state index is 0.565. The van der Waals surface area contributed by atoms with Crippen molar-refractivity contribution in [3.63, 3.8) is 0 Å². The molecule has 4 nitrogen and oxygen atoms in total. The summed E-state index contributed by atoms with van der Waals surface area (Å²) >= 11 is 0. The van der Waals surface area contributed by atoms with E-state index in [0.29, 0.717) is 12.2 Å². The standard InChI is InChI=1S/2C6H14NO/c2*1-7(2,3)4-6-5-8-6/h2*6H,4-5H2,1-3H3/q2*+1. The summed E-state index contributed by atoms with van der Waals surface area (Å²) in [5, 5.41) is 0. The van der Waals surface area contributed by atoms with Gasteiger partial charge in [-0.15, -0.1) is 0 Å². The Labute approximate surface area is 99.9 Å². The van der Waals surface area contributed by atoms with Gasteiger partial charge in [-0.25, -0.2) is 0 Å². The van der Waals surface area contributed by atoms with Crippen LogP contribution in [-0.4, -0.2) is 89.8 Å². The van der Waals surface area contributed by atoms with Gasteiger partial charge in [0.2, 0.25) is 0 Å². The Morgan fingerprint density at radius 1 is 0.750 bits per heavy atom. The van der Waals surface area contributed by atoms with Gasteiger partial charge in [0.05, 0.1) is 55.5 Å². The first kappa shape index (κ1) is 13.9. The quantitative estimate of drug-likeness (QED) is 0.510. The third-order valence-electron chi connectivity index (χ3n) is 2.31. The van der Waals surface area contributed by atoms with Crippen LogP contribution in [0.4, 0.5) is 0 Å². The molecule has 0 aromatic heterocycles. The average Bonchev–Trinajstić information content (AvgIpc) is 2.79. The van der Waals surface area contributed by atoms with E-state index >= 15 is 0 Å². The van der Waals surface area contributed by atoms with Crippen LogP contribution in [0.5, 0.6) is 0 Å². The van der Waals surface area contributed by atoms with Gasteiger partial charge in [-0.05, 0) is 0 Å². The molecule has 0 amide bonds. The lowest BCUT2D eigenvalue weighted by atomic mass is 10.4. The first-order valence-corrected chi connectivity index (χ1v) is 6.00. The number of rotatable bonds is 4. The Morgan fingerprint density at radius 2 is 1.00 bits per heavy atom. The number of hydrogen-bond acceptors (Lipinski definition) is 2. The molecule has 2 aliphatic heterocycles. The van der Waals surface area contributed by atoms with Crippen molar-refractivity contribution < 1.29 is 18.4 Å². The fraction of sp³-hybridized carbons (Fsp3) is 1.00. The topological polar surface area (TPSA) is 25.1 Å². The van der Waals surface area contributed by atoms with Gasteiger partial charge in [-0.1, -0.05) is 0 Å². The number of epoxide rings is 2. The van der Waals surface area contributed by atoms with Crippen molar-refractivity contribution in [3.8, 4) is 0 Å². The average molecular weight is 232 g/mol. The minimum atomic E-state index is 0.565. The van der Waals surface area contributed by atoms with E-state index in [0.717, 1.165) is 35.3 Å². The second kappa shape index (κ2) is 5.00. The summed E-state index contributed by atoms with van der Waals surface area (Å²) in [7, 11) is 13.1. The Kier molecular flexibility index (Phi) is 4.35. The van der Waals surface area contributed by atoms with Crippen LogP contribution >= 0.6 is 0 Å².